The molecule has 0 spiro atoms. The Bertz CT molecular complexity index is 1540. The maximum absolute atomic E-state index is 13.1. The number of nitro groups is 2. The van der Waals surface area contributed by atoms with Crippen LogP contribution in [-0.4, -0.2) is 34.8 Å². The monoisotopic (exact) mass is 538 g/mol. The van der Waals surface area contributed by atoms with Crippen LogP contribution in [0.25, 0.3) is 6.08 Å². The minimum Gasteiger partial charge on any atom is -0.493 e. The Labute approximate surface area is 218 Å². The number of imide groups is 2. The van der Waals surface area contributed by atoms with Crippen molar-refractivity contribution in [2.75, 3.05) is 12.0 Å². The van der Waals surface area contributed by atoms with E-state index in [1.54, 1.807) is 0 Å². The minimum atomic E-state index is -0.925. The van der Waals surface area contributed by atoms with E-state index in [1.807, 2.05) is 0 Å². The number of urea groups is 1. The predicted molar refractivity (Wildman–Crippen MR) is 133 cm³/mol. The second-order valence-electron chi connectivity index (χ2n) is 7.61. The van der Waals surface area contributed by atoms with Crippen LogP contribution in [0, 0.1) is 20.2 Å². The van der Waals surface area contributed by atoms with Gasteiger partial charge in [0.25, 0.3) is 17.5 Å². The fourth-order valence-electron chi connectivity index (χ4n) is 3.47. The number of hydrogen-bond donors (Lipinski definition) is 1. The smallest absolute Gasteiger partial charge is 0.335 e. The van der Waals surface area contributed by atoms with Gasteiger partial charge in [0.15, 0.2) is 11.5 Å². The van der Waals surface area contributed by atoms with Gasteiger partial charge in [0.2, 0.25) is 5.75 Å². The fraction of sp³-hybridized carbons (Fsp3) is 0.0417. The molecule has 1 saturated heterocycles. The largest absolute Gasteiger partial charge is 0.493 e. The van der Waals surface area contributed by atoms with E-state index in [9.17, 15) is 34.6 Å². The van der Waals surface area contributed by atoms with Crippen molar-refractivity contribution in [3.63, 3.8) is 0 Å². The van der Waals surface area contributed by atoms with E-state index < -0.39 is 39.1 Å². The van der Waals surface area contributed by atoms with Gasteiger partial charge in [-0.2, -0.15) is 0 Å². The van der Waals surface area contributed by atoms with Crippen molar-refractivity contribution in [1.29, 1.82) is 0 Å². The van der Waals surface area contributed by atoms with Crippen molar-refractivity contribution in [1.82, 2.24) is 5.32 Å². The lowest BCUT2D eigenvalue weighted by Crippen LogP contribution is -2.54. The van der Waals surface area contributed by atoms with Crippen LogP contribution >= 0.6 is 11.6 Å². The SMILES string of the molecule is COc1cc(C=C2C(=O)NC(=O)N(c3ccc(Cl)cc3)C2=O)ccc1Oc1ccc([N+](=O)[O-])cc1[N+](=O)[O-]. The third-order valence-corrected chi connectivity index (χ3v) is 5.51. The van der Waals surface area contributed by atoms with Crippen molar-refractivity contribution >= 4 is 52.6 Å². The molecule has 0 bridgehead atoms. The first-order chi connectivity index (χ1) is 18.1. The highest BCUT2D eigenvalue weighted by molar-refractivity contribution is 6.39. The molecule has 1 N–H and O–H groups in total. The molecule has 1 aliphatic heterocycles. The molecule has 0 aliphatic carbocycles. The molecule has 1 aliphatic rings. The van der Waals surface area contributed by atoms with Gasteiger partial charge >= 0.3 is 11.7 Å². The first kappa shape index (κ1) is 25.8. The first-order valence-electron chi connectivity index (χ1n) is 10.5. The van der Waals surface area contributed by atoms with Crippen LogP contribution in [0.1, 0.15) is 5.56 Å². The van der Waals surface area contributed by atoms with E-state index in [2.05, 4.69) is 5.32 Å². The van der Waals surface area contributed by atoms with Crippen molar-refractivity contribution in [3.05, 3.63) is 97.1 Å². The Morgan fingerprint density at radius 2 is 1.58 bits per heavy atom. The number of nitrogens with one attached hydrogen (secondary N) is 1. The maximum atomic E-state index is 13.1. The van der Waals surface area contributed by atoms with E-state index in [0.717, 1.165) is 23.1 Å². The van der Waals surface area contributed by atoms with E-state index in [1.165, 1.54) is 55.7 Å². The number of halogens is 1. The normalized spacial score (nSPS) is 14.3. The summed E-state index contributed by atoms with van der Waals surface area (Å²) in [7, 11) is 1.29. The van der Waals surface area contributed by atoms with E-state index >= 15 is 0 Å². The molecule has 4 rings (SSSR count). The summed E-state index contributed by atoms with van der Waals surface area (Å²) >= 11 is 5.87. The van der Waals surface area contributed by atoms with Gasteiger partial charge in [-0.15, -0.1) is 0 Å². The number of carbonyl (C=O) groups is 3. The lowest BCUT2D eigenvalue weighted by Gasteiger charge is -2.26. The van der Waals surface area contributed by atoms with Crippen molar-refractivity contribution < 1.29 is 33.7 Å². The number of barbiturate groups is 1. The number of benzene rings is 3. The van der Waals surface area contributed by atoms with E-state index in [4.69, 9.17) is 21.1 Å². The molecule has 0 unspecified atom stereocenters. The summed E-state index contributed by atoms with van der Waals surface area (Å²) in [5.41, 5.74) is -0.970. The highest BCUT2D eigenvalue weighted by Gasteiger charge is 2.36. The van der Waals surface area contributed by atoms with E-state index in [0.29, 0.717) is 10.6 Å². The third kappa shape index (κ3) is 5.12. The van der Waals surface area contributed by atoms with Gasteiger partial charge in [0, 0.05) is 11.1 Å². The second-order valence-corrected chi connectivity index (χ2v) is 8.05. The molecular formula is C24H15ClN4O9. The minimum absolute atomic E-state index is 0.0176. The molecule has 13 nitrogen and oxygen atoms in total. The standard InChI is InChI=1S/C24H15ClN4O9/c1-37-21-11-13(2-8-20(21)38-19-9-7-16(28(33)34)12-18(19)29(35)36)10-17-22(30)26-24(32)27(23(17)31)15-5-3-14(25)4-6-15/h2-12H,1H3,(H,26,30,32). The third-order valence-electron chi connectivity index (χ3n) is 5.26. The Morgan fingerprint density at radius 1 is 0.895 bits per heavy atom. The zero-order valence-corrected chi connectivity index (χ0v) is 20.0. The number of methoxy groups -OCH3 is 1. The summed E-state index contributed by atoms with van der Waals surface area (Å²) in [6.07, 6.45) is 1.23. The molecular weight excluding hydrogens is 524 g/mol. The molecule has 3 aromatic carbocycles. The number of ether oxygens (including phenoxy) is 2. The molecule has 0 aromatic heterocycles. The van der Waals surface area contributed by atoms with Gasteiger partial charge in [0.05, 0.1) is 28.7 Å². The Kier molecular flexibility index (Phi) is 7.03. The van der Waals surface area contributed by atoms with Gasteiger partial charge < -0.3 is 9.47 Å². The Morgan fingerprint density at radius 3 is 2.21 bits per heavy atom. The number of carbonyl (C=O) groups excluding carboxylic acids is 3. The molecule has 14 heteroatoms. The van der Waals surface area contributed by atoms with Crippen molar-refractivity contribution in [2.45, 2.75) is 0 Å². The summed E-state index contributed by atoms with van der Waals surface area (Å²) in [4.78, 5) is 59.4. The molecule has 0 saturated carbocycles. The molecule has 3 aromatic rings. The highest BCUT2D eigenvalue weighted by atomic mass is 35.5. The van der Waals surface area contributed by atoms with Crippen LogP contribution < -0.4 is 19.7 Å². The van der Waals surface area contributed by atoms with Crippen LogP contribution in [-0.2, 0) is 9.59 Å². The second kappa shape index (κ2) is 10.4. The predicted octanol–water partition coefficient (Wildman–Crippen LogP) is 4.62. The first-order valence-corrected chi connectivity index (χ1v) is 10.9. The number of rotatable bonds is 7. The molecule has 4 amide bonds. The van der Waals surface area contributed by atoms with Gasteiger partial charge in [-0.3, -0.25) is 35.1 Å². The van der Waals surface area contributed by atoms with Crippen LogP contribution in [0.5, 0.6) is 17.2 Å². The number of non-ortho nitro benzene ring substituents is 1. The highest BCUT2D eigenvalue weighted by Crippen LogP contribution is 2.38. The van der Waals surface area contributed by atoms with Crippen molar-refractivity contribution in [3.8, 4) is 17.2 Å². The molecule has 38 heavy (non-hydrogen) atoms. The molecule has 1 heterocycles. The average molecular weight is 539 g/mol. The van der Waals surface area contributed by atoms with E-state index in [-0.39, 0.29) is 28.5 Å². The van der Waals surface area contributed by atoms with Crippen molar-refractivity contribution in [2.24, 2.45) is 0 Å². The number of amides is 4. The molecule has 0 radical (unpaired) electrons. The zero-order valence-electron chi connectivity index (χ0n) is 19.2. The summed E-state index contributed by atoms with van der Waals surface area (Å²) in [5, 5.41) is 24.9. The van der Waals surface area contributed by atoms with Gasteiger partial charge in [-0.25, -0.2) is 9.69 Å². The van der Waals surface area contributed by atoms with Crippen LogP contribution in [0.2, 0.25) is 5.02 Å². The lowest BCUT2D eigenvalue weighted by molar-refractivity contribution is -0.394. The lowest BCUT2D eigenvalue weighted by atomic mass is 10.1. The van der Waals surface area contributed by atoms with Crippen LogP contribution in [0.15, 0.2) is 66.2 Å². The number of anilines is 1. The Hall–Kier alpha value is -5.30. The molecule has 1 fully saturated rings. The average Bonchev–Trinajstić information content (AvgIpc) is 2.88. The quantitative estimate of drug-likeness (QED) is 0.195. The number of hydrogen-bond acceptors (Lipinski definition) is 9. The fourth-order valence-corrected chi connectivity index (χ4v) is 3.60. The molecule has 0 atom stereocenters. The van der Waals surface area contributed by atoms with Crippen LogP contribution in [0.3, 0.4) is 0 Å². The maximum Gasteiger partial charge on any atom is 0.335 e. The van der Waals surface area contributed by atoms with Crippen LogP contribution in [0.4, 0.5) is 21.9 Å². The summed E-state index contributed by atoms with van der Waals surface area (Å²) < 4.78 is 10.9. The summed E-state index contributed by atoms with van der Waals surface area (Å²) in [5.74, 6) is -1.97. The number of nitro benzene ring substituents is 2. The number of nitrogens with zero attached hydrogens (tertiary/aromatic N) is 3. The Balaban J connectivity index is 1.66. The summed E-state index contributed by atoms with van der Waals surface area (Å²) in [6, 6.07) is 12.0. The van der Waals surface area contributed by atoms with Gasteiger partial charge in [-0.1, -0.05) is 17.7 Å². The topological polar surface area (TPSA) is 171 Å². The van der Waals surface area contributed by atoms with Gasteiger partial charge in [-0.05, 0) is 54.1 Å². The summed E-state index contributed by atoms with van der Waals surface area (Å²) in [6.45, 7) is 0. The van der Waals surface area contributed by atoms with Gasteiger partial charge in [0.1, 0.15) is 5.57 Å². The molecule has 192 valence electrons. The zero-order chi connectivity index (χ0) is 27.6.